The zero-order chi connectivity index (χ0) is 107. The van der Waals surface area contributed by atoms with Crippen molar-refractivity contribution in [2.75, 3.05) is 19.7 Å². The number of aliphatic hydroxyl groups is 1. The molecule has 0 saturated carbocycles. The van der Waals surface area contributed by atoms with E-state index in [-0.39, 0.29) is 51.0 Å². The van der Waals surface area contributed by atoms with Crippen molar-refractivity contribution >= 4 is 136 Å². The van der Waals surface area contributed by atoms with Gasteiger partial charge in [-0.3, -0.25) is 110 Å². The van der Waals surface area contributed by atoms with Crippen molar-refractivity contribution in [1.29, 1.82) is 0 Å². The molecule has 26 N–H and O–H groups in total. The lowest BCUT2D eigenvalue weighted by Crippen LogP contribution is -2.67. The normalized spacial score (nSPS) is 15.5. The number of nitrogens with one attached hydrogen (secondary N) is 19. The summed E-state index contributed by atoms with van der Waals surface area (Å²) in [7, 11) is 0. The number of rotatable bonds is 55. The molecule has 0 spiro atoms. The molecule has 1 aromatic carbocycles. The van der Waals surface area contributed by atoms with Crippen LogP contribution >= 0.6 is 0 Å². The molecule has 0 radical (unpaired) electrons. The number of hydrogen-bond donors (Lipinski definition) is 23. The van der Waals surface area contributed by atoms with E-state index in [4.69, 9.17) is 17.2 Å². The van der Waals surface area contributed by atoms with Crippen LogP contribution in [0.4, 0.5) is 0 Å². The predicted octanol–water partition coefficient (Wildman–Crippen LogP) is -4.65. The summed E-state index contributed by atoms with van der Waals surface area (Å²) in [6, 6.07) is -4.43. The second kappa shape index (κ2) is 51.6. The Hall–Kier alpha value is -13.0. The predicted molar refractivity (Wildman–Crippen MR) is 508 cm³/mol. The average Bonchev–Trinajstić information content (AvgIpc) is 1.76. The van der Waals surface area contributed by atoms with Crippen LogP contribution in [0.15, 0.2) is 30.3 Å². The van der Waals surface area contributed by atoms with E-state index in [1.165, 1.54) is 150 Å². The highest BCUT2D eigenvalue weighted by atomic mass is 16.3. The van der Waals surface area contributed by atoms with Gasteiger partial charge in [0.25, 0.3) is 0 Å². The zero-order valence-electron chi connectivity index (χ0n) is 85.3. The molecule has 780 valence electrons. The van der Waals surface area contributed by atoms with Crippen molar-refractivity contribution in [3.05, 3.63) is 35.9 Å². The number of amides is 23. The molecule has 0 aliphatic carbocycles. The summed E-state index contributed by atoms with van der Waals surface area (Å²) in [6.45, 7) is 36.4. The Morgan fingerprint density at radius 2 is 0.755 bits per heavy atom. The van der Waals surface area contributed by atoms with Crippen LogP contribution in [0.5, 0.6) is 0 Å². The summed E-state index contributed by atoms with van der Waals surface area (Å²) in [5.41, 5.74) is 1.08. The Morgan fingerprint density at radius 3 is 1.19 bits per heavy atom. The largest absolute Gasteiger partial charge is 0.394 e. The highest BCUT2D eigenvalue weighted by Crippen LogP contribution is 2.25. The number of primary amides is 3. The van der Waals surface area contributed by atoms with Crippen LogP contribution in [0.25, 0.3) is 0 Å². The molecule has 1 fully saturated rings. The molecule has 1 heterocycles. The molecule has 1 aliphatic heterocycles. The third-order valence-corrected chi connectivity index (χ3v) is 23.0. The van der Waals surface area contributed by atoms with Crippen LogP contribution in [0.1, 0.15) is 257 Å². The highest BCUT2D eigenvalue weighted by molar-refractivity contribution is 6.05. The van der Waals surface area contributed by atoms with E-state index < -0.39 is 297 Å². The van der Waals surface area contributed by atoms with Gasteiger partial charge in [0.05, 0.1) is 19.2 Å². The van der Waals surface area contributed by atoms with Gasteiger partial charge in [-0.15, -0.1) is 0 Å². The molecular formula is C92H153N23O24. The topological polar surface area (TPSA) is 723 Å². The third kappa shape index (κ3) is 38.7. The van der Waals surface area contributed by atoms with Crippen LogP contribution in [-0.4, -0.2) is 276 Å². The first-order valence-electron chi connectivity index (χ1n) is 46.3. The van der Waals surface area contributed by atoms with Gasteiger partial charge < -0.3 is 128 Å². The summed E-state index contributed by atoms with van der Waals surface area (Å²) >= 11 is 0. The quantitative estimate of drug-likeness (QED) is 0.0292. The van der Waals surface area contributed by atoms with E-state index in [1.807, 2.05) is 0 Å². The number of nitrogens with two attached hydrogens (primary N) is 3. The number of benzene rings is 1. The fourth-order valence-corrected chi connectivity index (χ4v) is 13.9. The summed E-state index contributed by atoms with van der Waals surface area (Å²) in [5.74, 6) is -21.4. The van der Waals surface area contributed by atoms with Crippen LogP contribution in [0.2, 0.25) is 0 Å². The average molecular weight is 1970 g/mol. The zero-order valence-corrected chi connectivity index (χ0v) is 85.3. The van der Waals surface area contributed by atoms with Crippen LogP contribution in [0, 0.1) is 17.8 Å². The third-order valence-electron chi connectivity index (χ3n) is 23.0. The molecule has 1 aliphatic rings. The first-order valence-corrected chi connectivity index (χ1v) is 46.3. The van der Waals surface area contributed by atoms with Gasteiger partial charge in [-0.05, 0) is 206 Å². The van der Waals surface area contributed by atoms with E-state index in [9.17, 15) is 115 Å². The maximum atomic E-state index is 14.6. The maximum Gasteiger partial charge on any atom is 0.248 e. The van der Waals surface area contributed by atoms with Crippen molar-refractivity contribution in [3.8, 4) is 0 Å². The molecular weight excluding hydrogens is 1810 g/mol. The van der Waals surface area contributed by atoms with Gasteiger partial charge in [-0.2, -0.15) is 0 Å². The second-order valence-electron chi connectivity index (χ2n) is 40.8. The van der Waals surface area contributed by atoms with Crippen LogP contribution < -0.4 is 118 Å². The Kier molecular flexibility index (Phi) is 45.3. The Balaban J connectivity index is 2.20. The highest BCUT2D eigenvalue weighted by Gasteiger charge is 2.49. The molecule has 0 aromatic heterocycles. The molecule has 47 heteroatoms. The lowest BCUT2D eigenvalue weighted by molar-refractivity contribution is -0.146. The van der Waals surface area contributed by atoms with Gasteiger partial charge in [-0.25, -0.2) is 0 Å². The maximum absolute atomic E-state index is 14.6. The fraction of sp³-hybridized carbons (Fsp3) is 0.685. The molecule has 23 amide bonds. The second-order valence-corrected chi connectivity index (χ2v) is 40.8. The van der Waals surface area contributed by atoms with Crippen molar-refractivity contribution in [2.45, 2.75) is 368 Å². The van der Waals surface area contributed by atoms with E-state index in [2.05, 4.69) is 101 Å². The van der Waals surface area contributed by atoms with Crippen LogP contribution in [-0.2, 0) is 117 Å². The molecule has 2 rings (SSSR count). The first kappa shape index (κ1) is 122. The van der Waals surface area contributed by atoms with Gasteiger partial charge in [0.1, 0.15) is 104 Å². The monoisotopic (exact) mass is 1960 g/mol. The lowest BCUT2D eigenvalue weighted by atomic mass is 9.93. The Morgan fingerprint density at radius 1 is 0.388 bits per heavy atom. The molecule has 47 nitrogen and oxygen atoms in total. The fourth-order valence-electron chi connectivity index (χ4n) is 13.9. The smallest absolute Gasteiger partial charge is 0.248 e. The van der Waals surface area contributed by atoms with Crippen molar-refractivity contribution < 1.29 is 115 Å². The van der Waals surface area contributed by atoms with Gasteiger partial charge in [0, 0.05) is 32.7 Å². The number of nitrogens with zero attached hydrogens (tertiary/aromatic N) is 1. The SMILES string of the molecule is CC[C@](C)(NC(=O)C(C)(C)NC(=O)[C@@H](NC(=O)[C@@H]1CCCN1C(=O)C(C)(C)NC(=O)[C@H](CC(C)C)NC(=O)CNC(=O)C(C)(C)NC(=O)[C@@H](NC(=O)C(C)(C)NC(=O)[C@H](CCC(N)=O)NC(=O)C(C)(C)NC(=O)C(C)(C)NC(=O)[C@H](C)NC(=O)C(C)(C)NC(=O)[C@H](C)NC(=O)C(C)(C)NC(C)=O)C(C)C)C(C)C)C(=O)N[C@@H](CCC(N)=O)C(=O)N[C@@H](CCC(N)=O)C(=O)N[C@H](CO)Cc1ccccc1. The van der Waals surface area contributed by atoms with Crippen molar-refractivity contribution in [1.82, 2.24) is 106 Å². The first-order chi connectivity index (χ1) is 63.6. The van der Waals surface area contributed by atoms with Crippen molar-refractivity contribution in [2.24, 2.45) is 35.0 Å². The van der Waals surface area contributed by atoms with Gasteiger partial charge in [0.2, 0.25) is 136 Å². The minimum Gasteiger partial charge on any atom is -0.394 e. The Bertz CT molecular complexity index is 4680. The number of aliphatic hydroxyl groups excluding tert-OH is 1. The molecule has 11 atom stereocenters. The van der Waals surface area contributed by atoms with E-state index in [0.717, 1.165) is 5.56 Å². The number of carbonyl (C=O) groups excluding carboxylic acids is 23. The standard InChI is InChI=1S/C92H153N23O24/c1-28-92(27,82(138)103-56(37-40-61(94)119)69(125)101-55(36-39-60(93)118)68(124)99-54(46-116)44-53-33-30-29-31-34-53)114-81(137)90(23,24)112-73(129)64(48(4)5)104-72(128)59-35-32-42-115(59)83(139)91(25,26)110-71(127)58(43-47(2)3)100-63(121)45-96-75(131)84(11,12)111-74(130)65(49(6)7)105-79(135)87(17,18)109-70(126)57(38-41-62(95)120)102-78(134)88(19,20)113-80(136)89(21,22)108-67(123)51(9)98-77(133)86(15,16)107-66(122)50(8)97-76(132)85(13,14)106-52(10)117/h29-31,33-34,47-51,54-59,64-65,116H,28,32,35-46H2,1-27H3,(H2,93,118)(H2,94,119)(H2,95,120)(H,96,131)(H,97,132)(H,98,133)(H,99,124)(H,100,121)(H,101,125)(H,102,134)(H,103,138)(H,104,128)(H,105,135)(H,106,117)(H,107,122)(H,108,123)(H,109,126)(H,110,127)(H,111,130)(H,112,129)(H,113,136)(H,114,137)/t50-,51-,54-,55-,56-,57-,58-,59-,64-,65-,92-/m0/s1. The summed E-state index contributed by atoms with van der Waals surface area (Å²) in [4.78, 5) is 314. The molecule has 1 aromatic rings. The molecule has 1 saturated heterocycles. The van der Waals surface area contributed by atoms with Crippen LogP contribution in [0.3, 0.4) is 0 Å². The number of carbonyl (C=O) groups is 23. The number of likely N-dealkylation sites (tertiary alicyclic amines) is 1. The minimum absolute atomic E-state index is 0.00549. The van der Waals surface area contributed by atoms with E-state index >= 15 is 0 Å². The molecule has 0 bridgehead atoms. The van der Waals surface area contributed by atoms with E-state index in [1.54, 1.807) is 71.9 Å². The van der Waals surface area contributed by atoms with Gasteiger partial charge in [-0.1, -0.05) is 78.8 Å². The van der Waals surface area contributed by atoms with Gasteiger partial charge in [0.15, 0.2) is 0 Å². The van der Waals surface area contributed by atoms with Crippen molar-refractivity contribution in [3.63, 3.8) is 0 Å². The summed E-state index contributed by atoms with van der Waals surface area (Å²) < 4.78 is 0. The molecule has 139 heavy (non-hydrogen) atoms. The number of hydrogen-bond acceptors (Lipinski definition) is 24. The lowest BCUT2D eigenvalue weighted by Gasteiger charge is -2.36. The van der Waals surface area contributed by atoms with E-state index in [0.29, 0.717) is 6.42 Å². The van der Waals surface area contributed by atoms with Gasteiger partial charge >= 0.3 is 0 Å². The molecule has 0 unspecified atom stereocenters. The minimum atomic E-state index is -1.92. The Labute approximate surface area is 812 Å². The summed E-state index contributed by atoms with van der Waals surface area (Å²) in [5, 5.41) is 58.5. The summed E-state index contributed by atoms with van der Waals surface area (Å²) in [6.07, 6.45) is -1.93.